The van der Waals surface area contributed by atoms with Crippen molar-refractivity contribution in [2.45, 2.75) is 13.0 Å². The van der Waals surface area contributed by atoms with Crippen LogP contribution in [0.25, 0.3) is 0 Å². The molecular formula is C19H15FN2O7. The van der Waals surface area contributed by atoms with Crippen LogP contribution >= 0.6 is 0 Å². The predicted octanol–water partition coefficient (Wildman–Crippen LogP) is 2.34. The van der Waals surface area contributed by atoms with Gasteiger partial charge >= 0.3 is 5.97 Å². The lowest BCUT2D eigenvalue weighted by Gasteiger charge is -2.20. The van der Waals surface area contributed by atoms with Crippen molar-refractivity contribution in [3.05, 3.63) is 69.5 Å². The van der Waals surface area contributed by atoms with Crippen molar-refractivity contribution in [3.63, 3.8) is 0 Å². The highest BCUT2D eigenvalue weighted by Gasteiger charge is 2.45. The molecule has 2 aromatic rings. The number of hydrogen-bond donors (Lipinski definition) is 0. The second-order valence-electron chi connectivity index (χ2n) is 6.06. The number of carbonyl (C=O) groups excluding carboxylic acids is 3. The molecule has 0 aliphatic carbocycles. The van der Waals surface area contributed by atoms with Crippen LogP contribution in [0.4, 0.5) is 10.1 Å². The Morgan fingerprint density at radius 2 is 1.86 bits per heavy atom. The van der Waals surface area contributed by atoms with Gasteiger partial charge in [-0.2, -0.15) is 0 Å². The van der Waals surface area contributed by atoms with Gasteiger partial charge in [0.2, 0.25) is 0 Å². The summed E-state index contributed by atoms with van der Waals surface area (Å²) < 4.78 is 23.6. The number of carbonyl (C=O) groups is 3. The van der Waals surface area contributed by atoms with E-state index in [0.29, 0.717) is 4.90 Å². The lowest BCUT2D eigenvalue weighted by atomic mass is 10.1. The van der Waals surface area contributed by atoms with E-state index in [1.54, 1.807) is 6.07 Å². The lowest BCUT2D eigenvalue weighted by Crippen LogP contribution is -2.44. The zero-order valence-electron chi connectivity index (χ0n) is 15.2. The van der Waals surface area contributed by atoms with E-state index in [1.807, 2.05) is 0 Å². The second-order valence-corrected chi connectivity index (χ2v) is 6.06. The minimum atomic E-state index is -1.31. The Bertz CT molecular complexity index is 1010. The number of nitro benzene ring substituents is 1. The van der Waals surface area contributed by atoms with Crippen molar-refractivity contribution in [2.75, 3.05) is 13.2 Å². The molecule has 2 aromatic carbocycles. The van der Waals surface area contributed by atoms with Crippen molar-refractivity contribution in [2.24, 2.45) is 0 Å². The van der Waals surface area contributed by atoms with E-state index in [9.17, 15) is 28.9 Å². The first-order chi connectivity index (χ1) is 13.8. The molecule has 10 heteroatoms. The number of nitrogens with zero attached hydrogens (tertiary/aromatic N) is 2. The Kier molecular flexibility index (Phi) is 5.53. The molecule has 0 saturated heterocycles. The first kappa shape index (κ1) is 19.9. The van der Waals surface area contributed by atoms with Crippen LogP contribution in [0.3, 0.4) is 0 Å². The van der Waals surface area contributed by atoms with Gasteiger partial charge in [-0.05, 0) is 25.1 Å². The number of rotatable bonds is 7. The van der Waals surface area contributed by atoms with Crippen LogP contribution in [0.1, 0.15) is 27.6 Å². The molecule has 0 bridgehead atoms. The highest BCUT2D eigenvalue weighted by molar-refractivity contribution is 6.24. The molecule has 3 rings (SSSR count). The molecule has 0 aromatic heterocycles. The number of halogens is 1. The summed E-state index contributed by atoms with van der Waals surface area (Å²) in [6.07, 6.45) is 0. The second kappa shape index (κ2) is 8.05. The fourth-order valence-corrected chi connectivity index (χ4v) is 2.87. The van der Waals surface area contributed by atoms with Crippen LogP contribution in [-0.2, 0) is 9.53 Å². The number of nitro groups is 1. The molecule has 0 spiro atoms. The molecule has 0 radical (unpaired) electrons. The van der Waals surface area contributed by atoms with E-state index in [0.717, 1.165) is 6.07 Å². The van der Waals surface area contributed by atoms with Crippen LogP contribution < -0.4 is 4.74 Å². The summed E-state index contributed by atoms with van der Waals surface area (Å²) in [6.45, 7) is 0.876. The average Bonchev–Trinajstić information content (AvgIpc) is 2.96. The molecule has 1 aliphatic heterocycles. The van der Waals surface area contributed by atoms with E-state index >= 15 is 0 Å². The number of para-hydroxylation sites is 1. The van der Waals surface area contributed by atoms with E-state index in [4.69, 9.17) is 9.47 Å². The first-order valence-electron chi connectivity index (χ1n) is 8.52. The number of imide groups is 1. The first-order valence-corrected chi connectivity index (χ1v) is 8.52. The van der Waals surface area contributed by atoms with E-state index in [2.05, 4.69) is 0 Å². The van der Waals surface area contributed by atoms with Gasteiger partial charge in [0.25, 0.3) is 17.5 Å². The third-order valence-electron chi connectivity index (χ3n) is 4.27. The number of amides is 2. The maximum Gasteiger partial charge on any atom is 0.329 e. The van der Waals surface area contributed by atoms with E-state index in [-0.39, 0.29) is 30.1 Å². The SMILES string of the molecule is C[C@@H](C(=O)OCCOc1ccccc1F)N1C(=O)c2cccc([N+](=O)[O-])c2C1=O. The average molecular weight is 402 g/mol. The normalized spacial score (nSPS) is 13.8. The van der Waals surface area contributed by atoms with Gasteiger partial charge in [-0.15, -0.1) is 0 Å². The minimum Gasteiger partial charge on any atom is -0.487 e. The molecule has 29 heavy (non-hydrogen) atoms. The Labute approximate surface area is 163 Å². The van der Waals surface area contributed by atoms with Gasteiger partial charge in [0, 0.05) is 6.07 Å². The molecule has 0 saturated carbocycles. The van der Waals surface area contributed by atoms with Crippen molar-refractivity contribution in [1.29, 1.82) is 0 Å². The zero-order chi connectivity index (χ0) is 21.1. The third-order valence-corrected chi connectivity index (χ3v) is 4.27. The Morgan fingerprint density at radius 1 is 1.14 bits per heavy atom. The molecule has 9 nitrogen and oxygen atoms in total. The van der Waals surface area contributed by atoms with Crippen LogP contribution in [0.5, 0.6) is 5.75 Å². The van der Waals surface area contributed by atoms with Crippen LogP contribution in [-0.4, -0.2) is 46.9 Å². The predicted molar refractivity (Wildman–Crippen MR) is 95.9 cm³/mol. The molecule has 0 unspecified atom stereocenters. The van der Waals surface area contributed by atoms with Crippen molar-refractivity contribution in [3.8, 4) is 5.75 Å². The summed E-state index contributed by atoms with van der Waals surface area (Å²) in [7, 11) is 0. The van der Waals surface area contributed by atoms with Gasteiger partial charge in [-0.3, -0.25) is 24.6 Å². The summed E-state index contributed by atoms with van der Waals surface area (Å²) in [5.74, 6) is -3.24. The summed E-state index contributed by atoms with van der Waals surface area (Å²) >= 11 is 0. The van der Waals surface area contributed by atoms with E-state index < -0.39 is 40.3 Å². The number of fused-ring (bicyclic) bond motifs is 1. The number of esters is 1. The van der Waals surface area contributed by atoms with Crippen LogP contribution in [0.2, 0.25) is 0 Å². The minimum absolute atomic E-state index is 0.00995. The monoisotopic (exact) mass is 402 g/mol. The van der Waals surface area contributed by atoms with Crippen molar-refractivity contribution < 1.29 is 33.2 Å². The van der Waals surface area contributed by atoms with E-state index in [1.165, 1.54) is 37.3 Å². The Hall–Kier alpha value is -3.82. The van der Waals surface area contributed by atoms with Gasteiger partial charge in [0.15, 0.2) is 11.6 Å². The molecule has 150 valence electrons. The van der Waals surface area contributed by atoms with Gasteiger partial charge in [0.05, 0.1) is 10.5 Å². The molecule has 1 atom stereocenters. The molecule has 1 aliphatic rings. The largest absolute Gasteiger partial charge is 0.487 e. The van der Waals surface area contributed by atoms with Gasteiger partial charge in [-0.25, -0.2) is 9.18 Å². The maximum absolute atomic E-state index is 13.5. The fourth-order valence-electron chi connectivity index (χ4n) is 2.87. The number of ether oxygens (including phenoxy) is 2. The van der Waals surface area contributed by atoms with Gasteiger partial charge in [-0.1, -0.05) is 18.2 Å². The summed E-state index contributed by atoms with van der Waals surface area (Å²) in [6, 6.07) is 8.06. The Balaban J connectivity index is 1.63. The van der Waals surface area contributed by atoms with Gasteiger partial charge in [0.1, 0.15) is 24.8 Å². The fraction of sp³-hybridized carbons (Fsp3) is 0.211. The third kappa shape index (κ3) is 3.77. The Morgan fingerprint density at radius 3 is 2.55 bits per heavy atom. The highest BCUT2D eigenvalue weighted by atomic mass is 19.1. The molecule has 1 heterocycles. The molecule has 2 amide bonds. The van der Waals surface area contributed by atoms with Crippen LogP contribution in [0.15, 0.2) is 42.5 Å². The quantitative estimate of drug-likeness (QED) is 0.229. The maximum atomic E-state index is 13.5. The zero-order valence-corrected chi connectivity index (χ0v) is 15.2. The smallest absolute Gasteiger partial charge is 0.329 e. The molecule has 0 fully saturated rings. The number of benzene rings is 2. The topological polar surface area (TPSA) is 116 Å². The molecular weight excluding hydrogens is 387 g/mol. The van der Waals surface area contributed by atoms with Crippen molar-refractivity contribution in [1.82, 2.24) is 4.90 Å². The highest BCUT2D eigenvalue weighted by Crippen LogP contribution is 2.32. The van der Waals surface area contributed by atoms with Crippen LogP contribution in [0, 0.1) is 15.9 Å². The standard InChI is InChI=1S/C19H15FN2O7/c1-11(19(25)29-10-9-28-15-8-3-2-6-13(15)20)21-17(23)12-5-4-7-14(22(26)27)16(12)18(21)24/h2-8,11H,9-10H2,1H3/t11-/m0/s1. The van der Waals surface area contributed by atoms with Crippen molar-refractivity contribution >= 4 is 23.5 Å². The number of hydrogen-bond acceptors (Lipinski definition) is 7. The molecule has 0 N–H and O–H groups in total. The summed E-state index contributed by atoms with van der Waals surface area (Å²) in [5, 5.41) is 11.1. The summed E-state index contributed by atoms with van der Waals surface area (Å²) in [4.78, 5) is 48.3. The lowest BCUT2D eigenvalue weighted by molar-refractivity contribution is -0.385. The van der Waals surface area contributed by atoms with Gasteiger partial charge < -0.3 is 9.47 Å². The summed E-state index contributed by atoms with van der Waals surface area (Å²) in [5.41, 5.74) is -1.01.